The second-order valence-corrected chi connectivity index (χ2v) is 4.84. The number of nitrogens with one attached hydrogen (secondary N) is 1. The van der Waals surface area contributed by atoms with Gasteiger partial charge in [0.2, 0.25) is 0 Å². The van der Waals surface area contributed by atoms with Gasteiger partial charge in [0.15, 0.2) is 0 Å². The second kappa shape index (κ2) is 6.61. The fourth-order valence-corrected chi connectivity index (χ4v) is 1.86. The highest BCUT2D eigenvalue weighted by Crippen LogP contribution is 1.99. The normalized spacial score (nSPS) is 12.6. The van der Waals surface area contributed by atoms with Crippen LogP contribution < -0.4 is 16.1 Å². The minimum Gasteiger partial charge on any atom is -0.383 e. The smallest absolute Gasteiger partial charge is 0.279 e. The van der Waals surface area contributed by atoms with Crippen LogP contribution in [0.5, 0.6) is 0 Å². The van der Waals surface area contributed by atoms with E-state index >= 15 is 0 Å². The maximum Gasteiger partial charge on any atom is 0.279 e. The Morgan fingerprint density at radius 2 is 1.86 bits per heavy atom. The van der Waals surface area contributed by atoms with Crippen molar-refractivity contribution in [3.63, 3.8) is 0 Å². The highest BCUT2D eigenvalue weighted by atomic mass is 16.1. The third kappa shape index (κ3) is 3.63. The van der Waals surface area contributed by atoms with Gasteiger partial charge in [0, 0.05) is 14.1 Å². The molecule has 1 aromatic carbocycles. The number of H-pyrrole nitrogens is 1. The minimum atomic E-state index is -0.104. The Bertz CT molecular complexity index is 808. The van der Waals surface area contributed by atoms with Crippen molar-refractivity contribution in [2.75, 3.05) is 14.1 Å². The molecular weight excluding hydrogens is 262 g/mol. The second-order valence-electron chi connectivity index (χ2n) is 4.84. The first kappa shape index (κ1) is 14.7. The van der Waals surface area contributed by atoms with Gasteiger partial charge in [-0.05, 0) is 30.5 Å². The lowest BCUT2D eigenvalue weighted by molar-refractivity contribution is 0.564. The van der Waals surface area contributed by atoms with Crippen LogP contribution in [0.25, 0.3) is 18.3 Å². The Kier molecular flexibility index (Phi) is 4.61. The van der Waals surface area contributed by atoms with E-state index in [1.807, 2.05) is 73.8 Å². The summed E-state index contributed by atoms with van der Waals surface area (Å²) in [6.45, 7) is 3.89. The van der Waals surface area contributed by atoms with E-state index in [1.165, 1.54) is 4.68 Å². The molecule has 2 aromatic rings. The van der Waals surface area contributed by atoms with Crippen molar-refractivity contribution in [1.29, 1.82) is 0 Å². The van der Waals surface area contributed by atoms with Gasteiger partial charge >= 0.3 is 0 Å². The Morgan fingerprint density at radius 3 is 2.52 bits per heavy atom. The van der Waals surface area contributed by atoms with Crippen molar-refractivity contribution >= 4 is 12.7 Å². The van der Waals surface area contributed by atoms with Crippen molar-refractivity contribution in [2.24, 2.45) is 0 Å². The lowest BCUT2D eigenvalue weighted by Crippen LogP contribution is -2.33. The number of nitrogens with zero attached hydrogens (tertiary/aromatic N) is 2. The SMILES string of the molecule is C=c1[nH]n(-c2ccccc2)c(=O)/c1=C/C=C/C=C/N(C)C. The van der Waals surface area contributed by atoms with E-state index in [9.17, 15) is 4.79 Å². The number of allylic oxidation sites excluding steroid dienone is 3. The number of rotatable bonds is 4. The van der Waals surface area contributed by atoms with Gasteiger partial charge in [-0.3, -0.25) is 9.89 Å². The first-order chi connectivity index (χ1) is 10.1. The van der Waals surface area contributed by atoms with Crippen LogP contribution >= 0.6 is 0 Å². The molecule has 0 amide bonds. The van der Waals surface area contributed by atoms with Gasteiger partial charge in [-0.2, -0.15) is 0 Å². The standard InChI is InChI=1S/C17H19N3O/c1-14-16(12-8-5-9-13-19(2)3)17(21)20(18-14)15-10-6-4-7-11-15/h4-13,18H,1H2,2-3H3/b8-5+,13-9+,16-12+. The van der Waals surface area contributed by atoms with Crippen molar-refractivity contribution in [2.45, 2.75) is 0 Å². The summed E-state index contributed by atoms with van der Waals surface area (Å²) < 4.78 is 1.50. The third-order valence-corrected chi connectivity index (χ3v) is 2.89. The first-order valence-electron chi connectivity index (χ1n) is 6.66. The topological polar surface area (TPSA) is 41.0 Å². The van der Waals surface area contributed by atoms with Crippen LogP contribution in [0.4, 0.5) is 0 Å². The zero-order valence-corrected chi connectivity index (χ0v) is 12.3. The summed E-state index contributed by atoms with van der Waals surface area (Å²) in [5, 5.41) is 4.16. The van der Waals surface area contributed by atoms with Crippen LogP contribution in [0.1, 0.15) is 0 Å². The van der Waals surface area contributed by atoms with Crippen molar-refractivity contribution in [1.82, 2.24) is 14.7 Å². The third-order valence-electron chi connectivity index (χ3n) is 2.89. The van der Waals surface area contributed by atoms with E-state index in [-0.39, 0.29) is 5.56 Å². The van der Waals surface area contributed by atoms with E-state index in [4.69, 9.17) is 0 Å². The first-order valence-corrected chi connectivity index (χ1v) is 6.66. The number of aromatic amines is 1. The predicted octanol–water partition coefficient (Wildman–Crippen LogP) is 0.988. The molecule has 108 valence electrons. The molecule has 0 saturated carbocycles. The van der Waals surface area contributed by atoms with Crippen LogP contribution in [0.2, 0.25) is 0 Å². The molecule has 0 saturated heterocycles. The van der Waals surface area contributed by atoms with Crippen molar-refractivity contribution in [3.8, 4) is 5.69 Å². The predicted molar refractivity (Wildman–Crippen MR) is 87.6 cm³/mol. The van der Waals surface area contributed by atoms with E-state index in [0.717, 1.165) is 5.69 Å². The number of para-hydroxylation sites is 1. The van der Waals surface area contributed by atoms with Crippen LogP contribution in [0, 0.1) is 0 Å². The molecule has 1 aromatic heterocycles. The summed E-state index contributed by atoms with van der Waals surface area (Å²) in [7, 11) is 3.90. The Morgan fingerprint density at radius 1 is 1.14 bits per heavy atom. The van der Waals surface area contributed by atoms with Crippen LogP contribution in [0.15, 0.2) is 59.6 Å². The zero-order chi connectivity index (χ0) is 15.2. The van der Waals surface area contributed by atoms with E-state index in [0.29, 0.717) is 10.6 Å². The summed E-state index contributed by atoms with van der Waals surface area (Å²) in [5.41, 5.74) is 0.691. The lowest BCUT2D eigenvalue weighted by Gasteiger charge is -2.00. The fraction of sp³-hybridized carbons (Fsp3) is 0.118. The fourth-order valence-electron chi connectivity index (χ4n) is 1.86. The lowest BCUT2D eigenvalue weighted by atomic mass is 10.3. The molecule has 4 nitrogen and oxygen atoms in total. The van der Waals surface area contributed by atoms with E-state index < -0.39 is 0 Å². The van der Waals surface area contributed by atoms with Gasteiger partial charge in [-0.25, -0.2) is 4.68 Å². The van der Waals surface area contributed by atoms with Gasteiger partial charge in [0.25, 0.3) is 5.56 Å². The quantitative estimate of drug-likeness (QED) is 0.849. The molecule has 1 N–H and O–H groups in total. The maximum absolute atomic E-state index is 12.4. The Labute approximate surface area is 123 Å². The molecule has 0 aliphatic rings. The van der Waals surface area contributed by atoms with E-state index in [2.05, 4.69) is 11.7 Å². The molecule has 1 heterocycles. The summed E-state index contributed by atoms with van der Waals surface area (Å²) in [4.78, 5) is 14.3. The minimum absolute atomic E-state index is 0.104. The molecule has 0 aliphatic heterocycles. The zero-order valence-electron chi connectivity index (χ0n) is 12.3. The molecule has 0 spiro atoms. The highest BCUT2D eigenvalue weighted by molar-refractivity contribution is 5.39. The van der Waals surface area contributed by atoms with Crippen LogP contribution in [-0.2, 0) is 0 Å². The van der Waals surface area contributed by atoms with Gasteiger partial charge in [0.05, 0.1) is 16.3 Å². The molecule has 4 heteroatoms. The molecule has 0 fully saturated rings. The molecule has 21 heavy (non-hydrogen) atoms. The molecule has 0 radical (unpaired) electrons. The number of benzene rings is 1. The largest absolute Gasteiger partial charge is 0.383 e. The molecule has 0 bridgehead atoms. The highest BCUT2D eigenvalue weighted by Gasteiger charge is 2.02. The summed E-state index contributed by atoms with van der Waals surface area (Å²) in [6.07, 6.45) is 9.30. The van der Waals surface area contributed by atoms with Gasteiger partial charge < -0.3 is 4.90 Å². The average molecular weight is 281 g/mol. The van der Waals surface area contributed by atoms with Gasteiger partial charge in [0.1, 0.15) is 0 Å². The number of hydrogen-bond acceptors (Lipinski definition) is 2. The Hall–Kier alpha value is -2.75. The summed E-state index contributed by atoms with van der Waals surface area (Å²) in [5.74, 6) is 0. The van der Waals surface area contributed by atoms with E-state index in [1.54, 1.807) is 6.08 Å². The Balaban J connectivity index is 2.37. The average Bonchev–Trinajstić information content (AvgIpc) is 2.75. The monoisotopic (exact) mass is 281 g/mol. The number of hydrogen-bond donors (Lipinski definition) is 1. The van der Waals surface area contributed by atoms with Crippen molar-refractivity contribution in [3.05, 3.63) is 75.7 Å². The maximum atomic E-state index is 12.4. The number of aromatic nitrogens is 2. The molecule has 2 rings (SSSR count). The summed E-state index contributed by atoms with van der Waals surface area (Å²) >= 11 is 0. The van der Waals surface area contributed by atoms with Crippen LogP contribution in [-0.4, -0.2) is 28.8 Å². The van der Waals surface area contributed by atoms with Crippen LogP contribution in [0.3, 0.4) is 0 Å². The molecule has 0 unspecified atom stereocenters. The molecule has 0 aliphatic carbocycles. The molecule has 0 atom stereocenters. The van der Waals surface area contributed by atoms with Gasteiger partial charge in [-0.1, -0.05) is 36.9 Å². The van der Waals surface area contributed by atoms with Crippen molar-refractivity contribution < 1.29 is 0 Å². The summed E-state index contributed by atoms with van der Waals surface area (Å²) in [6, 6.07) is 9.43. The molecular formula is C17H19N3O. The van der Waals surface area contributed by atoms with Gasteiger partial charge in [-0.15, -0.1) is 0 Å².